The van der Waals surface area contributed by atoms with Crippen LogP contribution < -0.4 is 0 Å². The highest BCUT2D eigenvalue weighted by molar-refractivity contribution is 6.11. The molecule has 0 saturated heterocycles. The van der Waals surface area contributed by atoms with Crippen molar-refractivity contribution in [2.45, 2.75) is 33.1 Å². The number of hydrogen-bond acceptors (Lipinski definition) is 6. The molecule has 0 fully saturated rings. The minimum atomic E-state index is 0.460. The van der Waals surface area contributed by atoms with Gasteiger partial charge in [0.2, 0.25) is 0 Å². The van der Waals surface area contributed by atoms with Crippen LogP contribution in [0.1, 0.15) is 47.6 Å². The maximum Gasteiger partial charge on any atom is 0.166 e. The standard InChI is InChI=1S/C71H48N8/c1-3-4-13-46-27-33-66-62(38-46)58-23-6-8-25-64(58)79(66)68-41-55(52-19-11-16-49(37-52)44-74)29-31-60(68)71-76-69(56-21-12-20-53(39-56)50-17-9-14-47(35-50)42-72)75-70(77-71)59-30-28-54(51-18-10-15-48(36-51)43-73)40-67(59)78-63-24-7-5-22-57(63)61-34-45(2)26-32-65(61)78/h5-12,14-41H,3-4,13H2,1-2H3. The highest BCUT2D eigenvalue weighted by atomic mass is 15.1. The lowest BCUT2D eigenvalue weighted by atomic mass is 9.99. The molecule has 0 aliphatic carbocycles. The van der Waals surface area contributed by atoms with Crippen LogP contribution in [0.3, 0.4) is 0 Å². The Labute approximate surface area is 457 Å². The lowest BCUT2D eigenvalue weighted by molar-refractivity contribution is 0.796. The van der Waals surface area contributed by atoms with E-state index in [9.17, 15) is 15.8 Å². The zero-order valence-corrected chi connectivity index (χ0v) is 43.5. The summed E-state index contributed by atoms with van der Waals surface area (Å²) in [6.07, 6.45) is 3.21. The zero-order chi connectivity index (χ0) is 53.6. The van der Waals surface area contributed by atoms with E-state index in [-0.39, 0.29) is 0 Å². The quantitative estimate of drug-likeness (QED) is 0.127. The van der Waals surface area contributed by atoms with Gasteiger partial charge in [0.05, 0.1) is 68.3 Å². The first-order valence-electron chi connectivity index (χ1n) is 26.6. The molecular formula is C71H48N8. The molecule has 0 unspecified atom stereocenters. The number of unbranched alkanes of at least 4 members (excludes halogenated alkanes) is 1. The van der Waals surface area contributed by atoms with Gasteiger partial charge < -0.3 is 9.13 Å². The summed E-state index contributed by atoms with van der Waals surface area (Å²) >= 11 is 0. The third kappa shape index (κ3) is 8.72. The Kier molecular flexibility index (Phi) is 12.2. The predicted molar refractivity (Wildman–Crippen MR) is 319 cm³/mol. The van der Waals surface area contributed by atoms with Gasteiger partial charge in [-0.3, -0.25) is 0 Å². The number of aryl methyl sites for hydroxylation is 2. The number of benzene rings is 10. The molecule has 0 N–H and O–H groups in total. The molecule has 13 aromatic rings. The predicted octanol–water partition coefficient (Wildman–Crippen LogP) is 17.3. The first kappa shape index (κ1) is 48.0. The van der Waals surface area contributed by atoms with Gasteiger partial charge in [-0.1, -0.05) is 134 Å². The van der Waals surface area contributed by atoms with Crippen molar-refractivity contribution in [3.8, 4) is 97.1 Å². The molecule has 0 bridgehead atoms. The maximum atomic E-state index is 10.1. The average Bonchev–Trinajstić information content (AvgIpc) is 4.19. The van der Waals surface area contributed by atoms with Gasteiger partial charge in [0, 0.05) is 38.2 Å². The van der Waals surface area contributed by atoms with Crippen LogP contribution in [0.5, 0.6) is 0 Å². The van der Waals surface area contributed by atoms with E-state index >= 15 is 0 Å². The molecule has 13 rings (SSSR count). The molecule has 3 heterocycles. The molecular weight excluding hydrogens is 965 g/mol. The molecule has 10 aromatic carbocycles. The van der Waals surface area contributed by atoms with Crippen molar-refractivity contribution in [3.63, 3.8) is 0 Å². The van der Waals surface area contributed by atoms with Gasteiger partial charge >= 0.3 is 0 Å². The van der Waals surface area contributed by atoms with Gasteiger partial charge in [-0.05, 0) is 162 Å². The number of para-hydroxylation sites is 2. The van der Waals surface area contributed by atoms with Crippen molar-refractivity contribution in [1.82, 2.24) is 24.1 Å². The van der Waals surface area contributed by atoms with Gasteiger partial charge in [-0.15, -0.1) is 0 Å². The smallest absolute Gasteiger partial charge is 0.166 e. The van der Waals surface area contributed by atoms with Crippen LogP contribution in [-0.4, -0.2) is 24.1 Å². The van der Waals surface area contributed by atoms with Gasteiger partial charge in [-0.25, -0.2) is 15.0 Å². The third-order valence-corrected chi connectivity index (χ3v) is 15.1. The van der Waals surface area contributed by atoms with Crippen molar-refractivity contribution < 1.29 is 0 Å². The molecule has 0 radical (unpaired) electrons. The van der Waals surface area contributed by atoms with Gasteiger partial charge in [-0.2, -0.15) is 15.8 Å². The van der Waals surface area contributed by atoms with Crippen molar-refractivity contribution in [1.29, 1.82) is 15.8 Å². The summed E-state index contributed by atoms with van der Waals surface area (Å²) in [5.74, 6) is 1.39. The van der Waals surface area contributed by atoms with E-state index in [4.69, 9.17) is 15.0 Å². The van der Waals surface area contributed by atoms with E-state index in [0.29, 0.717) is 34.2 Å². The Morgan fingerprint density at radius 3 is 1.32 bits per heavy atom. The number of rotatable bonds is 11. The average molecular weight is 1010 g/mol. The molecule has 8 heteroatoms. The fourth-order valence-electron chi connectivity index (χ4n) is 11.2. The van der Waals surface area contributed by atoms with E-state index in [1.54, 1.807) is 0 Å². The summed E-state index contributed by atoms with van der Waals surface area (Å²) in [7, 11) is 0. The fourth-order valence-corrected chi connectivity index (χ4v) is 11.2. The maximum absolute atomic E-state index is 10.1. The van der Waals surface area contributed by atoms with Crippen LogP contribution in [0.2, 0.25) is 0 Å². The second-order valence-electron chi connectivity index (χ2n) is 20.1. The first-order chi connectivity index (χ1) is 38.9. The lowest BCUT2D eigenvalue weighted by Crippen LogP contribution is -2.06. The Morgan fingerprint density at radius 2 is 0.797 bits per heavy atom. The van der Waals surface area contributed by atoms with Gasteiger partial charge in [0.25, 0.3) is 0 Å². The van der Waals surface area contributed by atoms with E-state index in [1.165, 1.54) is 5.56 Å². The van der Waals surface area contributed by atoms with Crippen molar-refractivity contribution in [2.24, 2.45) is 0 Å². The Bertz CT molecular complexity index is 4730. The zero-order valence-electron chi connectivity index (χ0n) is 43.5. The normalized spacial score (nSPS) is 11.3. The van der Waals surface area contributed by atoms with Crippen LogP contribution >= 0.6 is 0 Å². The SMILES string of the molecule is CCCCc1ccc2c(c1)c1ccccc1n2-c1cc(-c2cccc(C#N)c2)ccc1-c1nc(-c2cccc(-c3cccc(C#N)c3)c2)nc(-c2ccc(-c3cccc(C#N)c3)cc2-n2c3ccccc3c3cc(C)ccc32)n1. The number of hydrogen-bond donors (Lipinski definition) is 0. The number of fused-ring (bicyclic) bond motifs is 6. The fraction of sp³-hybridized carbons (Fsp3) is 0.0704. The Hall–Kier alpha value is -10.7. The van der Waals surface area contributed by atoms with E-state index in [1.807, 2.05) is 91.0 Å². The van der Waals surface area contributed by atoms with Crippen LogP contribution in [0.15, 0.2) is 218 Å². The number of nitrogens with zero attached hydrogens (tertiary/aromatic N) is 8. The van der Waals surface area contributed by atoms with Crippen LogP contribution in [0.25, 0.3) is 123 Å². The lowest BCUT2D eigenvalue weighted by Gasteiger charge is -2.18. The molecule has 79 heavy (non-hydrogen) atoms. The van der Waals surface area contributed by atoms with Crippen molar-refractivity contribution in [2.75, 3.05) is 0 Å². The molecule has 8 nitrogen and oxygen atoms in total. The summed E-state index contributed by atoms with van der Waals surface area (Å²) in [5, 5.41) is 34.5. The largest absolute Gasteiger partial charge is 0.308 e. The van der Waals surface area contributed by atoms with Crippen LogP contribution in [0, 0.1) is 40.9 Å². The first-order valence-corrected chi connectivity index (χ1v) is 26.6. The topological polar surface area (TPSA) is 120 Å². The third-order valence-electron chi connectivity index (χ3n) is 15.1. The second-order valence-corrected chi connectivity index (χ2v) is 20.1. The van der Waals surface area contributed by atoms with E-state index in [0.717, 1.165) is 130 Å². The second kappa shape index (κ2) is 20.1. The van der Waals surface area contributed by atoms with Crippen LogP contribution in [0.4, 0.5) is 0 Å². The Morgan fingerprint density at radius 1 is 0.367 bits per heavy atom. The highest BCUT2D eigenvalue weighted by Crippen LogP contribution is 2.42. The molecule has 372 valence electrons. The summed E-state index contributed by atoms with van der Waals surface area (Å²) in [6, 6.07) is 81.5. The molecule has 0 amide bonds. The summed E-state index contributed by atoms with van der Waals surface area (Å²) in [4.78, 5) is 16.6. The highest BCUT2D eigenvalue weighted by Gasteiger charge is 2.24. The number of aromatic nitrogens is 5. The minimum Gasteiger partial charge on any atom is -0.308 e. The monoisotopic (exact) mass is 1010 g/mol. The molecule has 0 aliphatic heterocycles. The summed E-state index contributed by atoms with van der Waals surface area (Å²) in [5.41, 5.74) is 17.8. The van der Waals surface area contributed by atoms with E-state index in [2.05, 4.69) is 169 Å². The summed E-state index contributed by atoms with van der Waals surface area (Å²) < 4.78 is 4.65. The summed E-state index contributed by atoms with van der Waals surface area (Å²) in [6.45, 7) is 4.35. The number of nitriles is 3. The van der Waals surface area contributed by atoms with Crippen molar-refractivity contribution >= 4 is 43.6 Å². The van der Waals surface area contributed by atoms with Gasteiger partial charge in [0.15, 0.2) is 17.5 Å². The van der Waals surface area contributed by atoms with Gasteiger partial charge in [0.1, 0.15) is 0 Å². The molecule has 0 saturated carbocycles. The minimum absolute atomic E-state index is 0.460. The molecule has 0 aliphatic rings. The Balaban J connectivity index is 1.12. The van der Waals surface area contributed by atoms with Crippen molar-refractivity contribution in [3.05, 3.63) is 246 Å². The molecule has 3 aromatic heterocycles. The molecule has 0 atom stereocenters. The van der Waals surface area contributed by atoms with Crippen LogP contribution in [-0.2, 0) is 6.42 Å². The van der Waals surface area contributed by atoms with E-state index < -0.39 is 0 Å². The molecule has 0 spiro atoms.